The monoisotopic (exact) mass is 293 g/mol. The van der Waals surface area contributed by atoms with Gasteiger partial charge in [-0.1, -0.05) is 12.8 Å². The van der Waals surface area contributed by atoms with Crippen LogP contribution in [0.15, 0.2) is 0 Å². The molecular formula is C15H23N3O3. The van der Waals surface area contributed by atoms with Crippen LogP contribution in [0.5, 0.6) is 0 Å². The Labute approximate surface area is 125 Å². The van der Waals surface area contributed by atoms with Gasteiger partial charge < -0.3 is 15.0 Å². The molecule has 2 amide bonds. The summed E-state index contributed by atoms with van der Waals surface area (Å²) in [5.74, 6) is 0.0527. The van der Waals surface area contributed by atoms with E-state index in [0.717, 1.165) is 25.7 Å². The van der Waals surface area contributed by atoms with E-state index in [1.807, 2.05) is 0 Å². The Morgan fingerprint density at radius 1 is 1.33 bits per heavy atom. The van der Waals surface area contributed by atoms with Crippen molar-refractivity contribution in [2.45, 2.75) is 51.0 Å². The van der Waals surface area contributed by atoms with Crippen LogP contribution in [0.4, 0.5) is 4.79 Å². The van der Waals surface area contributed by atoms with Crippen LogP contribution < -0.4 is 5.32 Å². The maximum Gasteiger partial charge on any atom is 0.409 e. The Morgan fingerprint density at radius 2 is 1.95 bits per heavy atom. The van der Waals surface area contributed by atoms with E-state index in [2.05, 4.69) is 11.4 Å². The average molecular weight is 293 g/mol. The van der Waals surface area contributed by atoms with Crippen molar-refractivity contribution in [3.63, 3.8) is 0 Å². The normalized spacial score (nSPS) is 21.6. The zero-order chi connectivity index (χ0) is 15.3. The summed E-state index contributed by atoms with van der Waals surface area (Å²) in [6, 6.07) is 2.25. The molecule has 0 aromatic rings. The molecule has 21 heavy (non-hydrogen) atoms. The summed E-state index contributed by atoms with van der Waals surface area (Å²) in [4.78, 5) is 25.5. The number of piperidine rings is 1. The second kappa shape index (κ2) is 6.79. The van der Waals surface area contributed by atoms with E-state index in [9.17, 15) is 14.9 Å². The standard InChI is InChI=1S/C15H23N3O3/c1-2-21-14(20)18-9-7-15(11-16,8-10-18)17-13(19)12-5-3-4-6-12/h12H,2-10H2,1H3,(H,17,19). The molecule has 2 rings (SSSR count). The Kier molecular flexibility index (Phi) is 5.05. The third-order valence-corrected chi connectivity index (χ3v) is 4.45. The zero-order valence-corrected chi connectivity index (χ0v) is 12.6. The lowest BCUT2D eigenvalue weighted by atomic mass is 9.88. The molecule has 1 saturated heterocycles. The van der Waals surface area contributed by atoms with Gasteiger partial charge in [-0.25, -0.2) is 4.79 Å². The van der Waals surface area contributed by atoms with Crippen LogP contribution in [0.3, 0.4) is 0 Å². The molecule has 1 aliphatic carbocycles. The summed E-state index contributed by atoms with van der Waals surface area (Å²) < 4.78 is 4.96. The topological polar surface area (TPSA) is 82.4 Å². The van der Waals surface area contributed by atoms with Crippen molar-refractivity contribution >= 4 is 12.0 Å². The van der Waals surface area contributed by atoms with Gasteiger partial charge in [0.25, 0.3) is 0 Å². The third-order valence-electron chi connectivity index (χ3n) is 4.45. The average Bonchev–Trinajstić information content (AvgIpc) is 3.02. The SMILES string of the molecule is CCOC(=O)N1CCC(C#N)(NC(=O)C2CCCC2)CC1. The van der Waals surface area contributed by atoms with Gasteiger partial charge in [-0.2, -0.15) is 5.26 Å². The van der Waals surface area contributed by atoms with Crippen molar-refractivity contribution in [3.8, 4) is 6.07 Å². The van der Waals surface area contributed by atoms with Crippen molar-refractivity contribution < 1.29 is 14.3 Å². The number of nitriles is 1. The van der Waals surface area contributed by atoms with Gasteiger partial charge in [-0.05, 0) is 19.8 Å². The van der Waals surface area contributed by atoms with E-state index in [1.54, 1.807) is 11.8 Å². The predicted octanol–water partition coefficient (Wildman–Crippen LogP) is 1.81. The van der Waals surface area contributed by atoms with Crippen LogP contribution in [-0.2, 0) is 9.53 Å². The largest absolute Gasteiger partial charge is 0.450 e. The summed E-state index contributed by atoms with van der Waals surface area (Å²) >= 11 is 0. The molecular weight excluding hydrogens is 270 g/mol. The number of nitrogens with zero attached hydrogens (tertiary/aromatic N) is 2. The van der Waals surface area contributed by atoms with Gasteiger partial charge in [-0.3, -0.25) is 4.79 Å². The summed E-state index contributed by atoms with van der Waals surface area (Å²) in [6.45, 7) is 3.00. The molecule has 2 fully saturated rings. The fraction of sp³-hybridized carbons (Fsp3) is 0.800. The molecule has 1 aliphatic heterocycles. The number of amides is 2. The number of likely N-dealkylation sites (tertiary alicyclic amines) is 1. The van der Waals surface area contributed by atoms with Crippen molar-refractivity contribution in [3.05, 3.63) is 0 Å². The Morgan fingerprint density at radius 3 is 2.48 bits per heavy atom. The number of ether oxygens (including phenoxy) is 1. The maximum absolute atomic E-state index is 12.2. The molecule has 0 aromatic heterocycles. The van der Waals surface area contributed by atoms with Crippen molar-refractivity contribution in [1.82, 2.24) is 10.2 Å². The molecule has 0 atom stereocenters. The van der Waals surface area contributed by atoms with E-state index in [0.29, 0.717) is 32.5 Å². The molecule has 1 heterocycles. The number of carbonyl (C=O) groups is 2. The number of hydrogen-bond acceptors (Lipinski definition) is 4. The fourth-order valence-corrected chi connectivity index (χ4v) is 3.08. The first-order chi connectivity index (χ1) is 10.1. The first-order valence-corrected chi connectivity index (χ1v) is 7.75. The number of carbonyl (C=O) groups excluding carboxylic acids is 2. The lowest BCUT2D eigenvalue weighted by Crippen LogP contribution is -2.56. The molecule has 6 nitrogen and oxygen atoms in total. The third kappa shape index (κ3) is 3.66. The lowest BCUT2D eigenvalue weighted by molar-refractivity contribution is -0.126. The molecule has 0 spiro atoms. The summed E-state index contributed by atoms with van der Waals surface area (Å²) in [5, 5.41) is 12.4. The van der Waals surface area contributed by atoms with E-state index >= 15 is 0 Å². The number of hydrogen-bond donors (Lipinski definition) is 1. The summed E-state index contributed by atoms with van der Waals surface area (Å²) in [5.41, 5.74) is -0.831. The highest BCUT2D eigenvalue weighted by Gasteiger charge is 2.39. The molecule has 0 unspecified atom stereocenters. The fourth-order valence-electron chi connectivity index (χ4n) is 3.08. The van der Waals surface area contributed by atoms with Crippen molar-refractivity contribution in [2.75, 3.05) is 19.7 Å². The quantitative estimate of drug-likeness (QED) is 0.860. The van der Waals surface area contributed by atoms with Crippen LogP contribution in [0.2, 0.25) is 0 Å². The van der Waals surface area contributed by atoms with Gasteiger partial charge in [0.2, 0.25) is 5.91 Å². The minimum atomic E-state index is -0.831. The summed E-state index contributed by atoms with van der Waals surface area (Å²) in [7, 11) is 0. The minimum Gasteiger partial charge on any atom is -0.450 e. The highest BCUT2D eigenvalue weighted by Crippen LogP contribution is 2.28. The molecule has 0 bridgehead atoms. The number of nitrogens with one attached hydrogen (secondary N) is 1. The van der Waals surface area contributed by atoms with Crippen LogP contribution in [0.25, 0.3) is 0 Å². The van der Waals surface area contributed by atoms with Gasteiger partial charge in [0, 0.05) is 31.8 Å². The molecule has 1 N–H and O–H groups in total. The predicted molar refractivity (Wildman–Crippen MR) is 76.3 cm³/mol. The Hall–Kier alpha value is -1.77. The van der Waals surface area contributed by atoms with Crippen LogP contribution in [0.1, 0.15) is 45.4 Å². The Balaban J connectivity index is 1.90. The maximum atomic E-state index is 12.2. The first-order valence-electron chi connectivity index (χ1n) is 7.75. The lowest BCUT2D eigenvalue weighted by Gasteiger charge is -2.37. The van der Waals surface area contributed by atoms with Gasteiger partial charge in [0.15, 0.2) is 0 Å². The van der Waals surface area contributed by atoms with E-state index < -0.39 is 5.54 Å². The first kappa shape index (κ1) is 15.6. The summed E-state index contributed by atoms with van der Waals surface area (Å²) in [6.07, 6.45) is 4.60. The highest BCUT2D eigenvalue weighted by atomic mass is 16.6. The smallest absolute Gasteiger partial charge is 0.409 e. The van der Waals surface area contributed by atoms with Crippen LogP contribution in [-0.4, -0.2) is 42.1 Å². The second-order valence-electron chi connectivity index (χ2n) is 5.85. The van der Waals surface area contributed by atoms with Crippen LogP contribution in [0, 0.1) is 17.2 Å². The van der Waals surface area contributed by atoms with Crippen molar-refractivity contribution in [1.29, 1.82) is 5.26 Å². The molecule has 1 saturated carbocycles. The molecule has 0 radical (unpaired) electrons. The van der Waals surface area contributed by atoms with Gasteiger partial charge >= 0.3 is 6.09 Å². The number of rotatable bonds is 3. The highest BCUT2D eigenvalue weighted by molar-refractivity contribution is 5.80. The van der Waals surface area contributed by atoms with E-state index in [-0.39, 0.29) is 17.9 Å². The Bertz CT molecular complexity index is 430. The molecule has 2 aliphatic rings. The molecule has 0 aromatic carbocycles. The van der Waals surface area contributed by atoms with E-state index in [4.69, 9.17) is 4.74 Å². The minimum absolute atomic E-state index is 0.00126. The van der Waals surface area contributed by atoms with Crippen LogP contribution >= 0.6 is 0 Å². The zero-order valence-electron chi connectivity index (χ0n) is 12.6. The second-order valence-corrected chi connectivity index (χ2v) is 5.85. The van der Waals surface area contributed by atoms with Gasteiger partial charge in [0.1, 0.15) is 5.54 Å². The van der Waals surface area contributed by atoms with E-state index in [1.165, 1.54) is 0 Å². The molecule has 116 valence electrons. The van der Waals surface area contributed by atoms with Gasteiger partial charge in [-0.15, -0.1) is 0 Å². The molecule has 6 heteroatoms. The van der Waals surface area contributed by atoms with Gasteiger partial charge in [0.05, 0.1) is 12.7 Å². The van der Waals surface area contributed by atoms with Crippen molar-refractivity contribution in [2.24, 2.45) is 5.92 Å².